The Morgan fingerprint density at radius 3 is 2.58 bits per heavy atom. The van der Waals surface area contributed by atoms with Gasteiger partial charge in [0.1, 0.15) is 10.5 Å². The van der Waals surface area contributed by atoms with Crippen LogP contribution in [0.5, 0.6) is 0 Å². The molecule has 0 saturated carbocycles. The second-order valence-corrected chi connectivity index (χ2v) is 6.29. The molecule has 0 fully saturated rings. The molecule has 19 heavy (non-hydrogen) atoms. The molecule has 0 unspecified atom stereocenters. The summed E-state index contributed by atoms with van der Waals surface area (Å²) in [6.07, 6.45) is 2.98. The van der Waals surface area contributed by atoms with Crippen LogP contribution in [0.15, 0.2) is 58.6 Å². The van der Waals surface area contributed by atoms with E-state index in [2.05, 4.69) is 9.97 Å². The van der Waals surface area contributed by atoms with Crippen molar-refractivity contribution < 1.29 is 8.42 Å². The summed E-state index contributed by atoms with van der Waals surface area (Å²) in [5, 5.41) is 0.618. The van der Waals surface area contributed by atoms with E-state index in [4.69, 9.17) is 11.6 Å². The average molecular weight is 293 g/mol. The van der Waals surface area contributed by atoms with Gasteiger partial charge in [-0.2, -0.15) is 0 Å². The number of nitrogens with zero attached hydrogens (tertiary/aromatic N) is 1. The number of H-pyrrole nitrogens is 1. The van der Waals surface area contributed by atoms with E-state index < -0.39 is 9.84 Å². The number of fused-ring (bicyclic) bond motifs is 1. The van der Waals surface area contributed by atoms with E-state index >= 15 is 0 Å². The minimum absolute atomic E-state index is 0.0895. The number of aromatic amines is 1. The van der Waals surface area contributed by atoms with Crippen LogP contribution >= 0.6 is 11.6 Å². The summed E-state index contributed by atoms with van der Waals surface area (Å²) >= 11 is 6.04. The molecule has 4 nitrogen and oxygen atoms in total. The van der Waals surface area contributed by atoms with Crippen LogP contribution in [0.2, 0.25) is 5.02 Å². The number of halogens is 1. The molecule has 2 heterocycles. The fraction of sp³-hybridized carbons (Fsp3) is 0. The molecule has 0 radical (unpaired) electrons. The third-order valence-corrected chi connectivity index (χ3v) is 5.08. The standard InChI is InChI=1S/C13H9ClN2O2S/c14-11-8-16-13-10(6-7-15-13)12(11)19(17,18)9-4-2-1-3-5-9/h1-8H,(H,15,16). The number of rotatable bonds is 2. The topological polar surface area (TPSA) is 62.8 Å². The second-order valence-electron chi connectivity index (χ2n) is 3.99. The molecular weight excluding hydrogens is 284 g/mol. The van der Waals surface area contributed by atoms with E-state index in [1.165, 1.54) is 6.20 Å². The first kappa shape index (κ1) is 12.2. The van der Waals surface area contributed by atoms with Gasteiger partial charge in [0.05, 0.1) is 9.92 Å². The second kappa shape index (κ2) is 4.36. The highest BCUT2D eigenvalue weighted by atomic mass is 35.5. The molecule has 1 aromatic carbocycles. The Labute approximate surface area is 115 Å². The number of aromatic nitrogens is 2. The molecule has 0 atom stereocenters. The maximum Gasteiger partial charge on any atom is 0.208 e. The summed E-state index contributed by atoms with van der Waals surface area (Å²) in [5.74, 6) is 0. The van der Waals surface area contributed by atoms with Crippen LogP contribution in [0, 0.1) is 0 Å². The lowest BCUT2D eigenvalue weighted by atomic mass is 10.3. The van der Waals surface area contributed by atoms with Gasteiger partial charge < -0.3 is 4.98 Å². The number of hydrogen-bond donors (Lipinski definition) is 1. The lowest BCUT2D eigenvalue weighted by Crippen LogP contribution is -2.03. The van der Waals surface area contributed by atoms with Crippen molar-refractivity contribution in [1.82, 2.24) is 9.97 Å². The molecule has 0 aliphatic carbocycles. The Kier molecular flexibility index (Phi) is 2.80. The van der Waals surface area contributed by atoms with Crippen LogP contribution in [-0.2, 0) is 9.84 Å². The molecule has 96 valence electrons. The van der Waals surface area contributed by atoms with Crippen LogP contribution in [0.3, 0.4) is 0 Å². The highest BCUT2D eigenvalue weighted by Crippen LogP contribution is 2.32. The predicted octanol–water partition coefficient (Wildman–Crippen LogP) is 3.05. The highest BCUT2D eigenvalue weighted by Gasteiger charge is 2.24. The Bertz CT molecular complexity index is 841. The first-order valence-corrected chi connectivity index (χ1v) is 7.38. The third-order valence-electron chi connectivity index (χ3n) is 2.82. The van der Waals surface area contributed by atoms with Gasteiger partial charge in [0, 0.05) is 17.8 Å². The van der Waals surface area contributed by atoms with Crippen LogP contribution < -0.4 is 0 Å². The van der Waals surface area contributed by atoms with Crippen molar-refractivity contribution in [3.8, 4) is 0 Å². The number of nitrogens with one attached hydrogen (secondary N) is 1. The number of benzene rings is 1. The van der Waals surface area contributed by atoms with Gasteiger partial charge in [0.25, 0.3) is 0 Å². The van der Waals surface area contributed by atoms with Crippen LogP contribution in [0.25, 0.3) is 11.0 Å². The fourth-order valence-electron chi connectivity index (χ4n) is 1.95. The maximum absolute atomic E-state index is 12.6. The zero-order valence-corrected chi connectivity index (χ0v) is 11.2. The number of pyridine rings is 1. The Morgan fingerprint density at radius 2 is 1.84 bits per heavy atom. The highest BCUT2D eigenvalue weighted by molar-refractivity contribution is 7.91. The third kappa shape index (κ3) is 1.91. The Balaban J connectivity index is 2.36. The first-order chi connectivity index (χ1) is 9.10. The van der Waals surface area contributed by atoms with Gasteiger partial charge in [0.15, 0.2) is 0 Å². The molecule has 0 spiro atoms. The molecule has 0 aliphatic rings. The normalized spacial score (nSPS) is 11.8. The van der Waals surface area contributed by atoms with E-state index in [0.717, 1.165) is 0 Å². The molecule has 3 rings (SSSR count). The van der Waals surface area contributed by atoms with Crippen molar-refractivity contribution >= 4 is 32.5 Å². The SMILES string of the molecule is O=S(=O)(c1ccccc1)c1c(Cl)cnc2[nH]ccc12. The van der Waals surface area contributed by atoms with E-state index in [1.807, 2.05) is 0 Å². The summed E-state index contributed by atoms with van der Waals surface area (Å²) in [4.78, 5) is 7.24. The van der Waals surface area contributed by atoms with Crippen molar-refractivity contribution in [3.05, 3.63) is 53.8 Å². The van der Waals surface area contributed by atoms with Crippen molar-refractivity contribution in [2.45, 2.75) is 9.79 Å². The van der Waals surface area contributed by atoms with E-state index in [-0.39, 0.29) is 14.8 Å². The van der Waals surface area contributed by atoms with Gasteiger partial charge in [-0.05, 0) is 18.2 Å². The molecule has 2 aromatic heterocycles. The molecule has 3 aromatic rings. The van der Waals surface area contributed by atoms with Gasteiger partial charge in [-0.1, -0.05) is 29.8 Å². The summed E-state index contributed by atoms with van der Waals surface area (Å²) in [7, 11) is -3.66. The summed E-state index contributed by atoms with van der Waals surface area (Å²) in [5.41, 5.74) is 0.499. The smallest absolute Gasteiger partial charge is 0.208 e. The van der Waals surface area contributed by atoms with Gasteiger partial charge in [-0.3, -0.25) is 0 Å². The molecule has 0 aliphatic heterocycles. The van der Waals surface area contributed by atoms with E-state index in [0.29, 0.717) is 11.0 Å². The molecule has 0 saturated heterocycles. The van der Waals surface area contributed by atoms with Crippen LogP contribution in [-0.4, -0.2) is 18.4 Å². The lowest BCUT2D eigenvalue weighted by Gasteiger charge is -2.07. The maximum atomic E-state index is 12.6. The lowest BCUT2D eigenvalue weighted by molar-refractivity contribution is 0.597. The molecule has 0 amide bonds. The number of hydrogen-bond acceptors (Lipinski definition) is 3. The van der Waals surface area contributed by atoms with Crippen molar-refractivity contribution in [3.63, 3.8) is 0 Å². The van der Waals surface area contributed by atoms with Crippen LogP contribution in [0.4, 0.5) is 0 Å². The molecule has 6 heteroatoms. The molecule has 0 bridgehead atoms. The largest absolute Gasteiger partial charge is 0.346 e. The van der Waals surface area contributed by atoms with E-state index in [9.17, 15) is 8.42 Å². The average Bonchev–Trinajstić information content (AvgIpc) is 2.87. The fourth-order valence-corrected chi connectivity index (χ4v) is 3.92. The predicted molar refractivity (Wildman–Crippen MR) is 73.0 cm³/mol. The first-order valence-electron chi connectivity index (χ1n) is 5.52. The van der Waals surface area contributed by atoms with Gasteiger partial charge in [-0.15, -0.1) is 0 Å². The molecule has 1 N–H and O–H groups in total. The molecular formula is C13H9ClN2O2S. The monoisotopic (exact) mass is 292 g/mol. The zero-order chi connectivity index (χ0) is 13.5. The number of sulfone groups is 1. The quantitative estimate of drug-likeness (QED) is 0.789. The summed E-state index contributed by atoms with van der Waals surface area (Å²) < 4.78 is 25.3. The summed E-state index contributed by atoms with van der Waals surface area (Å²) in [6, 6.07) is 9.87. The Morgan fingerprint density at radius 1 is 1.11 bits per heavy atom. The minimum Gasteiger partial charge on any atom is -0.346 e. The van der Waals surface area contributed by atoms with E-state index in [1.54, 1.807) is 42.6 Å². The van der Waals surface area contributed by atoms with Crippen molar-refractivity contribution in [2.75, 3.05) is 0 Å². The Hall–Kier alpha value is -1.85. The summed E-state index contributed by atoms with van der Waals surface area (Å²) in [6.45, 7) is 0. The van der Waals surface area contributed by atoms with Crippen LogP contribution in [0.1, 0.15) is 0 Å². The van der Waals surface area contributed by atoms with Gasteiger partial charge >= 0.3 is 0 Å². The van der Waals surface area contributed by atoms with Crippen molar-refractivity contribution in [1.29, 1.82) is 0 Å². The zero-order valence-electron chi connectivity index (χ0n) is 9.67. The van der Waals surface area contributed by atoms with Gasteiger partial charge in [0.2, 0.25) is 9.84 Å². The van der Waals surface area contributed by atoms with Crippen molar-refractivity contribution in [2.24, 2.45) is 0 Å². The minimum atomic E-state index is -3.66. The van der Waals surface area contributed by atoms with Gasteiger partial charge in [-0.25, -0.2) is 13.4 Å².